The van der Waals surface area contributed by atoms with Gasteiger partial charge in [-0.3, -0.25) is 0 Å². The fourth-order valence-corrected chi connectivity index (χ4v) is 1.85. The Kier molecular flexibility index (Phi) is 2.95. The van der Waals surface area contributed by atoms with Crippen LogP contribution in [0.3, 0.4) is 0 Å². The number of aromatic nitrogens is 2. The molecule has 0 bridgehead atoms. The second-order valence-electron chi connectivity index (χ2n) is 3.84. The second-order valence-corrected chi connectivity index (χ2v) is 3.84. The number of methoxy groups -OCH3 is 1. The maximum absolute atomic E-state index is 5.94. The van der Waals surface area contributed by atoms with Crippen LogP contribution in [0.25, 0.3) is 11.1 Å². The summed E-state index contributed by atoms with van der Waals surface area (Å²) < 4.78 is 5.12. The van der Waals surface area contributed by atoms with Crippen LogP contribution in [0, 0.1) is 13.8 Å². The van der Waals surface area contributed by atoms with Crippen LogP contribution in [0.1, 0.15) is 11.5 Å². The van der Waals surface area contributed by atoms with E-state index in [1.54, 1.807) is 7.11 Å². The number of benzene rings is 1. The molecular weight excluding hydrogens is 214 g/mol. The molecule has 2 N–H and O–H groups in total. The van der Waals surface area contributed by atoms with E-state index in [-0.39, 0.29) is 0 Å². The van der Waals surface area contributed by atoms with E-state index < -0.39 is 0 Å². The summed E-state index contributed by atoms with van der Waals surface area (Å²) in [5.74, 6) is 2.02. The number of nitrogen functional groups attached to an aromatic ring is 1. The minimum Gasteiger partial charge on any atom is -0.497 e. The second kappa shape index (κ2) is 4.41. The molecule has 2 rings (SSSR count). The number of ether oxygens (including phenoxy) is 1. The number of hydrogen-bond donors (Lipinski definition) is 1. The zero-order chi connectivity index (χ0) is 12.4. The summed E-state index contributed by atoms with van der Waals surface area (Å²) in [5, 5.41) is 0. The Morgan fingerprint density at radius 1 is 1.06 bits per heavy atom. The summed E-state index contributed by atoms with van der Waals surface area (Å²) in [6.45, 7) is 3.77. The van der Waals surface area contributed by atoms with E-state index in [1.807, 2.05) is 38.1 Å². The third-order valence-electron chi connectivity index (χ3n) is 2.61. The van der Waals surface area contributed by atoms with Crippen molar-refractivity contribution >= 4 is 5.82 Å². The number of nitrogens with two attached hydrogens (primary N) is 1. The lowest BCUT2D eigenvalue weighted by molar-refractivity contribution is 0.415. The molecule has 2 aromatic rings. The van der Waals surface area contributed by atoms with Crippen molar-refractivity contribution in [3.8, 4) is 16.9 Å². The van der Waals surface area contributed by atoms with Gasteiger partial charge >= 0.3 is 0 Å². The van der Waals surface area contributed by atoms with Crippen molar-refractivity contribution in [3.63, 3.8) is 0 Å². The van der Waals surface area contributed by atoms with Crippen molar-refractivity contribution in [2.24, 2.45) is 0 Å². The van der Waals surface area contributed by atoms with E-state index in [0.717, 1.165) is 22.6 Å². The van der Waals surface area contributed by atoms with Crippen LogP contribution < -0.4 is 10.5 Å². The van der Waals surface area contributed by atoms with Crippen LogP contribution in [0.5, 0.6) is 5.75 Å². The van der Waals surface area contributed by atoms with Crippen molar-refractivity contribution < 1.29 is 4.74 Å². The highest BCUT2D eigenvalue weighted by molar-refractivity contribution is 5.76. The molecule has 0 saturated carbocycles. The summed E-state index contributed by atoms with van der Waals surface area (Å²) in [4.78, 5) is 8.52. The largest absolute Gasteiger partial charge is 0.497 e. The van der Waals surface area contributed by atoms with E-state index in [0.29, 0.717) is 11.6 Å². The third kappa shape index (κ3) is 2.20. The van der Waals surface area contributed by atoms with Gasteiger partial charge in [-0.05, 0) is 31.5 Å². The normalized spacial score (nSPS) is 10.3. The molecule has 4 nitrogen and oxygen atoms in total. The Hall–Kier alpha value is -2.10. The molecule has 0 aliphatic rings. The first-order chi connectivity index (χ1) is 8.11. The smallest absolute Gasteiger partial charge is 0.135 e. The van der Waals surface area contributed by atoms with E-state index in [1.165, 1.54) is 0 Å². The lowest BCUT2D eigenvalue weighted by Crippen LogP contribution is -2.02. The highest BCUT2D eigenvalue weighted by atomic mass is 16.5. The van der Waals surface area contributed by atoms with E-state index in [9.17, 15) is 0 Å². The van der Waals surface area contributed by atoms with Gasteiger partial charge in [0, 0.05) is 5.56 Å². The monoisotopic (exact) mass is 229 g/mol. The van der Waals surface area contributed by atoms with Crippen molar-refractivity contribution in [1.29, 1.82) is 0 Å². The van der Waals surface area contributed by atoms with Crippen molar-refractivity contribution in [2.45, 2.75) is 13.8 Å². The Labute approximate surface area is 100 Å². The molecule has 0 aliphatic heterocycles. The molecule has 1 aromatic heterocycles. The Bertz CT molecular complexity index is 512. The summed E-state index contributed by atoms with van der Waals surface area (Å²) in [5.41, 5.74) is 8.72. The number of hydrogen-bond acceptors (Lipinski definition) is 4. The molecule has 0 fully saturated rings. The van der Waals surface area contributed by atoms with Crippen LogP contribution in [0.15, 0.2) is 24.3 Å². The molecule has 0 atom stereocenters. The number of aryl methyl sites for hydroxylation is 2. The Morgan fingerprint density at radius 2 is 1.71 bits per heavy atom. The lowest BCUT2D eigenvalue weighted by atomic mass is 10.0. The molecule has 0 radical (unpaired) electrons. The van der Waals surface area contributed by atoms with Gasteiger partial charge in [-0.2, -0.15) is 0 Å². The predicted octanol–water partition coefficient (Wildman–Crippen LogP) is 2.35. The Balaban J connectivity index is 2.52. The fraction of sp³-hybridized carbons (Fsp3) is 0.231. The Morgan fingerprint density at radius 3 is 2.24 bits per heavy atom. The standard InChI is InChI=1S/C13H15N3O/c1-8-12(13(14)16-9(2)15-8)10-4-6-11(17-3)7-5-10/h4-7H,1-3H3,(H2,14,15,16). The highest BCUT2D eigenvalue weighted by Gasteiger charge is 2.09. The minimum atomic E-state index is 0.514. The molecule has 0 unspecified atom stereocenters. The van der Waals surface area contributed by atoms with Gasteiger partial charge in [0.25, 0.3) is 0 Å². The van der Waals surface area contributed by atoms with E-state index in [2.05, 4.69) is 9.97 Å². The van der Waals surface area contributed by atoms with Gasteiger partial charge in [0.05, 0.1) is 12.8 Å². The molecule has 17 heavy (non-hydrogen) atoms. The quantitative estimate of drug-likeness (QED) is 0.858. The molecule has 1 aromatic carbocycles. The average Bonchev–Trinajstić information content (AvgIpc) is 2.28. The first-order valence-electron chi connectivity index (χ1n) is 5.37. The first kappa shape index (κ1) is 11.4. The molecule has 4 heteroatoms. The number of anilines is 1. The molecular formula is C13H15N3O. The maximum Gasteiger partial charge on any atom is 0.135 e. The highest BCUT2D eigenvalue weighted by Crippen LogP contribution is 2.28. The van der Waals surface area contributed by atoms with Crippen LogP contribution >= 0.6 is 0 Å². The minimum absolute atomic E-state index is 0.514. The molecule has 0 aliphatic carbocycles. The molecule has 0 spiro atoms. The molecule has 0 saturated heterocycles. The SMILES string of the molecule is COc1ccc(-c2c(C)nc(C)nc2N)cc1. The summed E-state index contributed by atoms with van der Waals surface area (Å²) in [7, 11) is 1.64. The molecule has 88 valence electrons. The van der Waals surface area contributed by atoms with Crippen LogP contribution in [0.2, 0.25) is 0 Å². The summed E-state index contributed by atoms with van der Waals surface area (Å²) >= 11 is 0. The maximum atomic E-state index is 5.94. The van der Waals surface area contributed by atoms with Gasteiger partial charge in [0.15, 0.2) is 0 Å². The number of rotatable bonds is 2. The van der Waals surface area contributed by atoms with Crippen LogP contribution in [-0.4, -0.2) is 17.1 Å². The zero-order valence-corrected chi connectivity index (χ0v) is 10.2. The average molecular weight is 229 g/mol. The fourth-order valence-electron chi connectivity index (χ4n) is 1.85. The first-order valence-corrected chi connectivity index (χ1v) is 5.37. The predicted molar refractivity (Wildman–Crippen MR) is 67.9 cm³/mol. The van der Waals surface area contributed by atoms with Crippen molar-refractivity contribution in [2.75, 3.05) is 12.8 Å². The van der Waals surface area contributed by atoms with Crippen molar-refractivity contribution in [3.05, 3.63) is 35.8 Å². The summed E-state index contributed by atoms with van der Waals surface area (Å²) in [6.07, 6.45) is 0. The van der Waals surface area contributed by atoms with E-state index >= 15 is 0 Å². The number of nitrogens with zero attached hydrogens (tertiary/aromatic N) is 2. The van der Waals surface area contributed by atoms with Gasteiger partial charge in [-0.15, -0.1) is 0 Å². The molecule has 0 amide bonds. The van der Waals surface area contributed by atoms with E-state index in [4.69, 9.17) is 10.5 Å². The lowest BCUT2D eigenvalue weighted by Gasteiger charge is -2.09. The van der Waals surface area contributed by atoms with Gasteiger partial charge in [0.2, 0.25) is 0 Å². The van der Waals surface area contributed by atoms with Gasteiger partial charge in [-0.25, -0.2) is 9.97 Å². The van der Waals surface area contributed by atoms with Crippen LogP contribution in [-0.2, 0) is 0 Å². The van der Waals surface area contributed by atoms with Gasteiger partial charge in [-0.1, -0.05) is 12.1 Å². The van der Waals surface area contributed by atoms with Crippen molar-refractivity contribution in [1.82, 2.24) is 9.97 Å². The summed E-state index contributed by atoms with van der Waals surface area (Å²) in [6, 6.07) is 7.70. The topological polar surface area (TPSA) is 61.0 Å². The van der Waals surface area contributed by atoms with Gasteiger partial charge in [0.1, 0.15) is 17.4 Å². The zero-order valence-electron chi connectivity index (χ0n) is 10.2. The third-order valence-corrected chi connectivity index (χ3v) is 2.61. The van der Waals surface area contributed by atoms with Gasteiger partial charge < -0.3 is 10.5 Å². The molecule has 1 heterocycles. The van der Waals surface area contributed by atoms with Crippen LogP contribution in [0.4, 0.5) is 5.82 Å².